The SMILES string of the molecule is CC(=O)c1ccc(NC(=O)C2CCC(C(=O)NCCc3ccccc3)CC2)cc1. The molecule has 152 valence electrons. The zero-order chi connectivity index (χ0) is 20.6. The fourth-order valence-electron chi connectivity index (χ4n) is 3.77. The van der Waals surface area contributed by atoms with Crippen molar-refractivity contribution in [1.29, 1.82) is 0 Å². The van der Waals surface area contributed by atoms with E-state index in [1.165, 1.54) is 12.5 Å². The molecule has 0 atom stereocenters. The van der Waals surface area contributed by atoms with Gasteiger partial charge in [0.1, 0.15) is 0 Å². The molecule has 0 bridgehead atoms. The van der Waals surface area contributed by atoms with Crippen LogP contribution in [0.2, 0.25) is 0 Å². The number of amides is 2. The van der Waals surface area contributed by atoms with Crippen LogP contribution < -0.4 is 10.6 Å². The molecule has 0 heterocycles. The van der Waals surface area contributed by atoms with Crippen molar-refractivity contribution >= 4 is 23.3 Å². The van der Waals surface area contributed by atoms with Crippen molar-refractivity contribution in [3.63, 3.8) is 0 Å². The largest absolute Gasteiger partial charge is 0.356 e. The molecule has 1 saturated carbocycles. The maximum atomic E-state index is 12.5. The van der Waals surface area contributed by atoms with Gasteiger partial charge in [0.2, 0.25) is 11.8 Å². The quantitative estimate of drug-likeness (QED) is 0.700. The molecule has 2 amide bonds. The van der Waals surface area contributed by atoms with Crippen molar-refractivity contribution in [3.8, 4) is 0 Å². The highest BCUT2D eigenvalue weighted by Gasteiger charge is 2.29. The number of Topliss-reactive ketones (excluding diaryl/α,β-unsaturated/α-hetero) is 1. The highest BCUT2D eigenvalue weighted by molar-refractivity contribution is 5.96. The van der Waals surface area contributed by atoms with Crippen molar-refractivity contribution in [3.05, 3.63) is 65.7 Å². The third-order valence-corrected chi connectivity index (χ3v) is 5.58. The summed E-state index contributed by atoms with van der Waals surface area (Å²) in [7, 11) is 0. The Morgan fingerprint density at radius 3 is 2.00 bits per heavy atom. The number of carbonyl (C=O) groups excluding carboxylic acids is 3. The van der Waals surface area contributed by atoms with Crippen LogP contribution in [0.1, 0.15) is 48.5 Å². The Labute approximate surface area is 171 Å². The van der Waals surface area contributed by atoms with Crippen molar-refractivity contribution in [2.75, 3.05) is 11.9 Å². The van der Waals surface area contributed by atoms with E-state index in [0.29, 0.717) is 30.6 Å². The molecule has 5 heteroatoms. The van der Waals surface area contributed by atoms with E-state index in [2.05, 4.69) is 22.8 Å². The molecule has 2 aromatic rings. The molecule has 0 saturated heterocycles. The first-order chi connectivity index (χ1) is 14.0. The molecule has 0 spiro atoms. The van der Waals surface area contributed by atoms with Crippen LogP contribution in [-0.2, 0) is 16.0 Å². The lowest BCUT2D eigenvalue weighted by molar-refractivity contribution is -0.128. The van der Waals surface area contributed by atoms with E-state index in [-0.39, 0.29) is 29.4 Å². The molecule has 3 rings (SSSR count). The molecule has 1 fully saturated rings. The second-order valence-electron chi connectivity index (χ2n) is 7.70. The van der Waals surface area contributed by atoms with Crippen LogP contribution in [0.25, 0.3) is 0 Å². The van der Waals surface area contributed by atoms with Gasteiger partial charge in [-0.1, -0.05) is 30.3 Å². The van der Waals surface area contributed by atoms with Crippen LogP contribution in [-0.4, -0.2) is 24.1 Å². The molecule has 0 radical (unpaired) electrons. The number of hydrogen-bond donors (Lipinski definition) is 2. The maximum Gasteiger partial charge on any atom is 0.227 e. The van der Waals surface area contributed by atoms with E-state index in [1.807, 2.05) is 18.2 Å². The Bertz CT molecular complexity index is 838. The molecular weight excluding hydrogens is 364 g/mol. The standard InChI is InChI=1S/C24H28N2O3/c1-17(27)19-11-13-22(14-12-19)26-24(29)21-9-7-20(8-10-21)23(28)25-16-15-18-5-3-2-4-6-18/h2-6,11-14,20-21H,7-10,15-16H2,1H3,(H,25,28)(H,26,29). The fraction of sp³-hybridized carbons (Fsp3) is 0.375. The minimum atomic E-state index is -0.0733. The third kappa shape index (κ3) is 6.01. The highest BCUT2D eigenvalue weighted by atomic mass is 16.2. The average molecular weight is 392 g/mol. The van der Waals surface area contributed by atoms with Crippen LogP contribution in [0.15, 0.2) is 54.6 Å². The zero-order valence-corrected chi connectivity index (χ0v) is 16.8. The van der Waals surface area contributed by atoms with Crippen molar-refractivity contribution in [1.82, 2.24) is 5.32 Å². The van der Waals surface area contributed by atoms with Gasteiger partial charge in [-0.15, -0.1) is 0 Å². The first-order valence-electron chi connectivity index (χ1n) is 10.3. The molecule has 29 heavy (non-hydrogen) atoms. The van der Waals surface area contributed by atoms with Gasteiger partial charge in [0.25, 0.3) is 0 Å². The number of rotatable bonds is 7. The summed E-state index contributed by atoms with van der Waals surface area (Å²) in [5.74, 6) is 0.00638. The minimum absolute atomic E-state index is 0.00300. The number of hydrogen-bond acceptors (Lipinski definition) is 3. The lowest BCUT2D eigenvalue weighted by Gasteiger charge is -2.27. The monoisotopic (exact) mass is 392 g/mol. The molecule has 1 aliphatic carbocycles. The van der Waals surface area contributed by atoms with Gasteiger partial charge in [-0.2, -0.15) is 0 Å². The highest BCUT2D eigenvalue weighted by Crippen LogP contribution is 2.30. The van der Waals surface area contributed by atoms with Gasteiger partial charge in [0, 0.05) is 29.6 Å². The molecule has 0 unspecified atom stereocenters. The summed E-state index contributed by atoms with van der Waals surface area (Å²) < 4.78 is 0. The van der Waals surface area contributed by atoms with Crippen molar-refractivity contribution < 1.29 is 14.4 Å². The van der Waals surface area contributed by atoms with E-state index in [9.17, 15) is 14.4 Å². The number of benzene rings is 2. The second-order valence-corrected chi connectivity index (χ2v) is 7.70. The molecule has 1 aliphatic rings. The number of ketones is 1. The van der Waals surface area contributed by atoms with E-state index < -0.39 is 0 Å². The molecule has 5 nitrogen and oxygen atoms in total. The van der Waals surface area contributed by atoms with Crippen LogP contribution in [0.3, 0.4) is 0 Å². The van der Waals surface area contributed by atoms with Crippen molar-refractivity contribution in [2.45, 2.75) is 39.0 Å². The Hall–Kier alpha value is -2.95. The van der Waals surface area contributed by atoms with E-state index in [4.69, 9.17) is 0 Å². The first-order valence-corrected chi connectivity index (χ1v) is 10.3. The summed E-state index contributed by atoms with van der Waals surface area (Å²) in [5, 5.41) is 5.96. The van der Waals surface area contributed by atoms with Crippen LogP contribution in [0.5, 0.6) is 0 Å². The summed E-state index contributed by atoms with van der Waals surface area (Å²) in [5.41, 5.74) is 2.53. The average Bonchev–Trinajstić information content (AvgIpc) is 2.75. The fourth-order valence-corrected chi connectivity index (χ4v) is 3.77. The zero-order valence-electron chi connectivity index (χ0n) is 16.8. The Morgan fingerprint density at radius 2 is 1.41 bits per heavy atom. The van der Waals surface area contributed by atoms with Gasteiger partial charge in [-0.05, 0) is 68.9 Å². The minimum Gasteiger partial charge on any atom is -0.356 e. The number of carbonyl (C=O) groups is 3. The van der Waals surface area contributed by atoms with E-state index in [1.54, 1.807) is 24.3 Å². The second kappa shape index (κ2) is 10.0. The Morgan fingerprint density at radius 1 is 0.828 bits per heavy atom. The summed E-state index contributed by atoms with van der Waals surface area (Å²) >= 11 is 0. The molecular formula is C24H28N2O3. The third-order valence-electron chi connectivity index (χ3n) is 5.58. The van der Waals surface area contributed by atoms with E-state index in [0.717, 1.165) is 19.3 Å². The number of anilines is 1. The summed E-state index contributed by atoms with van der Waals surface area (Å²) in [6.07, 6.45) is 3.73. The molecule has 2 N–H and O–H groups in total. The van der Waals surface area contributed by atoms with Crippen LogP contribution >= 0.6 is 0 Å². The molecule has 0 aromatic heterocycles. The number of nitrogens with one attached hydrogen (secondary N) is 2. The molecule has 2 aromatic carbocycles. The lowest BCUT2D eigenvalue weighted by Crippen LogP contribution is -2.36. The summed E-state index contributed by atoms with van der Waals surface area (Å²) in [4.78, 5) is 36.2. The summed E-state index contributed by atoms with van der Waals surface area (Å²) in [6.45, 7) is 2.16. The summed E-state index contributed by atoms with van der Waals surface area (Å²) in [6, 6.07) is 17.0. The Balaban J connectivity index is 1.40. The van der Waals surface area contributed by atoms with Gasteiger partial charge in [-0.25, -0.2) is 0 Å². The van der Waals surface area contributed by atoms with Gasteiger partial charge in [0.15, 0.2) is 5.78 Å². The molecule has 0 aliphatic heterocycles. The smallest absolute Gasteiger partial charge is 0.227 e. The van der Waals surface area contributed by atoms with Crippen molar-refractivity contribution in [2.24, 2.45) is 11.8 Å². The van der Waals surface area contributed by atoms with Crippen LogP contribution in [0, 0.1) is 11.8 Å². The van der Waals surface area contributed by atoms with Gasteiger partial charge in [0.05, 0.1) is 0 Å². The predicted molar refractivity (Wildman–Crippen MR) is 114 cm³/mol. The van der Waals surface area contributed by atoms with Gasteiger partial charge in [-0.3, -0.25) is 14.4 Å². The predicted octanol–water partition coefficient (Wildman–Crippen LogP) is 3.99. The normalized spacial score (nSPS) is 18.7. The van der Waals surface area contributed by atoms with Crippen LogP contribution in [0.4, 0.5) is 5.69 Å². The van der Waals surface area contributed by atoms with Gasteiger partial charge >= 0.3 is 0 Å². The van der Waals surface area contributed by atoms with Gasteiger partial charge < -0.3 is 10.6 Å². The topological polar surface area (TPSA) is 75.3 Å². The first kappa shape index (κ1) is 20.8. The maximum absolute atomic E-state index is 12.5. The Kier molecular flexibility index (Phi) is 7.17. The lowest BCUT2D eigenvalue weighted by atomic mass is 9.81. The van der Waals surface area contributed by atoms with E-state index >= 15 is 0 Å².